The van der Waals surface area contributed by atoms with E-state index in [9.17, 15) is 13.6 Å². The molecule has 0 amide bonds. The van der Waals surface area contributed by atoms with E-state index in [1.54, 1.807) is 36.4 Å². The van der Waals surface area contributed by atoms with E-state index in [1.807, 2.05) is 0 Å². The first-order chi connectivity index (χ1) is 10.7. The summed E-state index contributed by atoms with van der Waals surface area (Å²) in [6, 6.07) is 13.6. The van der Waals surface area contributed by atoms with Crippen LogP contribution in [-0.2, 0) is 0 Å². The minimum atomic E-state index is -0.490. The molecule has 0 fully saturated rings. The average Bonchev–Trinajstić information content (AvgIpc) is 2.55. The molecule has 0 atom stereocenters. The highest BCUT2D eigenvalue weighted by atomic mass is 19.1. The number of nitrogens with zero attached hydrogens (tertiary/aromatic N) is 1. The van der Waals surface area contributed by atoms with Crippen LogP contribution in [0.5, 0.6) is 0 Å². The summed E-state index contributed by atoms with van der Waals surface area (Å²) in [6.07, 6.45) is 2.03. The van der Waals surface area contributed by atoms with Crippen molar-refractivity contribution in [2.24, 2.45) is 0 Å². The largest absolute Gasteiger partial charge is 0.298 e. The number of aromatic nitrogens is 1. The second kappa shape index (κ2) is 5.85. The number of benzene rings is 2. The van der Waals surface area contributed by atoms with E-state index in [0.717, 1.165) is 0 Å². The molecule has 0 aliphatic rings. The molecule has 0 N–H and O–H groups in total. The van der Waals surface area contributed by atoms with Gasteiger partial charge < -0.3 is 0 Å². The smallest absolute Gasteiger partial charge is 0.150 e. The van der Waals surface area contributed by atoms with Crippen LogP contribution in [0.3, 0.4) is 0 Å². The summed E-state index contributed by atoms with van der Waals surface area (Å²) in [5.41, 5.74) is 1.24. The van der Waals surface area contributed by atoms with Gasteiger partial charge in [-0.15, -0.1) is 0 Å². The van der Waals surface area contributed by atoms with Crippen LogP contribution in [0.1, 0.15) is 10.4 Å². The van der Waals surface area contributed by atoms with Crippen LogP contribution in [0, 0.1) is 11.6 Å². The van der Waals surface area contributed by atoms with Gasteiger partial charge in [-0.2, -0.15) is 0 Å². The van der Waals surface area contributed by atoms with Gasteiger partial charge in [0.25, 0.3) is 0 Å². The molecule has 2 aromatic carbocycles. The Kier molecular flexibility index (Phi) is 3.74. The van der Waals surface area contributed by atoms with E-state index in [0.29, 0.717) is 11.8 Å². The minimum Gasteiger partial charge on any atom is -0.298 e. The number of hydrogen-bond acceptors (Lipinski definition) is 2. The van der Waals surface area contributed by atoms with Crippen molar-refractivity contribution in [3.05, 3.63) is 78.0 Å². The van der Waals surface area contributed by atoms with Crippen molar-refractivity contribution in [2.45, 2.75) is 0 Å². The van der Waals surface area contributed by atoms with Gasteiger partial charge in [-0.3, -0.25) is 9.78 Å². The van der Waals surface area contributed by atoms with E-state index in [4.69, 9.17) is 0 Å². The number of halogens is 2. The Morgan fingerprint density at radius 3 is 2.00 bits per heavy atom. The summed E-state index contributed by atoms with van der Waals surface area (Å²) in [4.78, 5) is 15.5. The van der Waals surface area contributed by atoms with Crippen molar-refractivity contribution in [2.75, 3.05) is 0 Å². The van der Waals surface area contributed by atoms with Gasteiger partial charge in [-0.25, -0.2) is 8.78 Å². The lowest BCUT2D eigenvalue weighted by molar-refractivity contribution is 0.112. The molecule has 2 nitrogen and oxygen atoms in total. The van der Waals surface area contributed by atoms with E-state index < -0.39 is 11.6 Å². The Labute approximate surface area is 126 Å². The van der Waals surface area contributed by atoms with Crippen LogP contribution in [0.2, 0.25) is 0 Å². The normalized spacial score (nSPS) is 10.5. The van der Waals surface area contributed by atoms with E-state index >= 15 is 0 Å². The van der Waals surface area contributed by atoms with Gasteiger partial charge in [0.05, 0.1) is 5.69 Å². The van der Waals surface area contributed by atoms with Gasteiger partial charge in [0.15, 0.2) is 6.29 Å². The van der Waals surface area contributed by atoms with Crippen molar-refractivity contribution >= 4 is 6.29 Å². The third-order valence-electron chi connectivity index (χ3n) is 3.38. The third kappa shape index (κ3) is 2.39. The molecule has 1 heterocycles. The zero-order valence-electron chi connectivity index (χ0n) is 11.5. The summed E-state index contributed by atoms with van der Waals surface area (Å²) in [5, 5.41) is 0. The fourth-order valence-electron chi connectivity index (χ4n) is 2.38. The van der Waals surface area contributed by atoms with Crippen LogP contribution in [0.25, 0.3) is 22.4 Å². The number of rotatable bonds is 3. The van der Waals surface area contributed by atoms with Crippen molar-refractivity contribution in [3.8, 4) is 22.4 Å². The van der Waals surface area contributed by atoms with Gasteiger partial charge in [-0.05, 0) is 24.3 Å². The molecule has 3 aromatic rings. The lowest BCUT2D eigenvalue weighted by Gasteiger charge is -2.12. The van der Waals surface area contributed by atoms with Crippen LogP contribution in [0.15, 0.2) is 60.8 Å². The molecule has 108 valence electrons. The third-order valence-corrected chi connectivity index (χ3v) is 3.38. The predicted octanol–water partition coefficient (Wildman–Crippen LogP) is 4.51. The summed E-state index contributed by atoms with van der Waals surface area (Å²) in [6.45, 7) is 0. The maximum Gasteiger partial charge on any atom is 0.150 e. The predicted molar refractivity (Wildman–Crippen MR) is 80.4 cm³/mol. The molecular formula is C18H11F2NO. The monoisotopic (exact) mass is 295 g/mol. The SMILES string of the molecule is O=Cc1ccnc(-c2ccccc2F)c1-c1ccccc1F. The number of carbonyl (C=O) groups excluding carboxylic acids is 1. The zero-order chi connectivity index (χ0) is 15.5. The first-order valence-electron chi connectivity index (χ1n) is 6.66. The van der Waals surface area contributed by atoms with Gasteiger partial charge in [-0.1, -0.05) is 30.3 Å². The van der Waals surface area contributed by atoms with Gasteiger partial charge in [0.2, 0.25) is 0 Å². The summed E-state index contributed by atoms with van der Waals surface area (Å²) in [7, 11) is 0. The minimum absolute atomic E-state index is 0.218. The fourth-order valence-corrected chi connectivity index (χ4v) is 2.38. The Bertz CT molecular complexity index is 846. The highest BCUT2D eigenvalue weighted by Gasteiger charge is 2.18. The number of pyridine rings is 1. The molecule has 0 unspecified atom stereocenters. The second-order valence-corrected chi connectivity index (χ2v) is 4.70. The molecule has 0 saturated heterocycles. The van der Waals surface area contributed by atoms with Crippen LogP contribution in [-0.4, -0.2) is 11.3 Å². The molecule has 4 heteroatoms. The maximum atomic E-state index is 14.2. The topological polar surface area (TPSA) is 30.0 Å². The summed E-state index contributed by atoms with van der Waals surface area (Å²) in [5.74, 6) is -0.966. The Balaban J connectivity index is 2.36. The van der Waals surface area contributed by atoms with Gasteiger partial charge in [0, 0.05) is 28.5 Å². The first-order valence-corrected chi connectivity index (χ1v) is 6.66. The molecule has 0 aliphatic heterocycles. The van der Waals surface area contributed by atoms with Gasteiger partial charge in [0.1, 0.15) is 11.6 Å². The van der Waals surface area contributed by atoms with E-state index in [1.165, 1.54) is 24.4 Å². The molecule has 0 saturated carbocycles. The van der Waals surface area contributed by atoms with Crippen molar-refractivity contribution in [3.63, 3.8) is 0 Å². The van der Waals surface area contributed by atoms with E-state index in [-0.39, 0.29) is 22.4 Å². The number of aldehydes is 1. The summed E-state index contributed by atoms with van der Waals surface area (Å²) >= 11 is 0. The van der Waals surface area contributed by atoms with Crippen molar-refractivity contribution in [1.82, 2.24) is 4.98 Å². The molecule has 3 rings (SSSR count). The van der Waals surface area contributed by atoms with Crippen molar-refractivity contribution < 1.29 is 13.6 Å². The molecule has 0 aliphatic carbocycles. The van der Waals surface area contributed by atoms with Crippen LogP contribution < -0.4 is 0 Å². The lowest BCUT2D eigenvalue weighted by Crippen LogP contribution is -1.98. The number of hydrogen-bond donors (Lipinski definition) is 0. The first kappa shape index (κ1) is 14.1. The quantitative estimate of drug-likeness (QED) is 0.666. The highest BCUT2D eigenvalue weighted by molar-refractivity contribution is 5.94. The second-order valence-electron chi connectivity index (χ2n) is 4.70. The maximum absolute atomic E-state index is 14.2. The molecule has 0 spiro atoms. The standard InChI is InChI=1S/C18H11F2NO/c19-15-7-3-1-5-13(15)17-12(11-22)9-10-21-18(17)14-6-2-4-8-16(14)20/h1-11H. The van der Waals surface area contributed by atoms with Crippen LogP contribution in [0.4, 0.5) is 8.78 Å². The lowest BCUT2D eigenvalue weighted by atomic mass is 9.94. The molecule has 22 heavy (non-hydrogen) atoms. The average molecular weight is 295 g/mol. The fraction of sp³-hybridized carbons (Fsp3) is 0. The Morgan fingerprint density at radius 1 is 0.818 bits per heavy atom. The molecule has 0 bridgehead atoms. The van der Waals surface area contributed by atoms with E-state index in [2.05, 4.69) is 4.98 Å². The van der Waals surface area contributed by atoms with Gasteiger partial charge >= 0.3 is 0 Å². The molecular weight excluding hydrogens is 284 g/mol. The highest BCUT2D eigenvalue weighted by Crippen LogP contribution is 2.35. The molecule has 1 aromatic heterocycles. The number of carbonyl (C=O) groups is 1. The van der Waals surface area contributed by atoms with Crippen molar-refractivity contribution in [1.29, 1.82) is 0 Å². The summed E-state index contributed by atoms with van der Waals surface area (Å²) < 4.78 is 28.2. The Hall–Kier alpha value is -2.88. The van der Waals surface area contributed by atoms with Crippen LogP contribution >= 0.6 is 0 Å². The Morgan fingerprint density at radius 2 is 1.41 bits per heavy atom. The molecule has 0 radical (unpaired) electrons. The zero-order valence-corrected chi connectivity index (χ0v) is 11.5.